The Balaban J connectivity index is 5.32. The number of allylic oxidation sites excluding steroid dienone is 20. The second-order valence-electron chi connectivity index (χ2n) is 25.5. The molecule has 0 spiro atoms. The predicted molar refractivity (Wildman–Crippen MR) is 408 cm³/mol. The van der Waals surface area contributed by atoms with Crippen molar-refractivity contribution in [3.63, 3.8) is 0 Å². The lowest BCUT2D eigenvalue weighted by atomic mass is 10.1. The smallest absolute Gasteiger partial charge is 0.462 e. The Hall–Kier alpha value is -4.54. The normalized spacial score (nSPS) is 14.6. The molecular weight excluding hydrogens is 1310 g/mol. The van der Waals surface area contributed by atoms with Crippen LogP contribution in [0.25, 0.3) is 0 Å². The molecule has 19 heteroatoms. The maximum atomic E-state index is 13.1. The van der Waals surface area contributed by atoms with Gasteiger partial charge in [0.15, 0.2) is 12.2 Å². The van der Waals surface area contributed by atoms with Crippen molar-refractivity contribution in [2.45, 2.75) is 329 Å². The molecule has 100 heavy (non-hydrogen) atoms. The van der Waals surface area contributed by atoms with Crippen LogP contribution in [0, 0.1) is 0 Å². The van der Waals surface area contributed by atoms with Crippen molar-refractivity contribution in [1.29, 1.82) is 0 Å². The summed E-state index contributed by atoms with van der Waals surface area (Å²) < 4.78 is 68.5. The number of aliphatic hydroxyl groups is 1. The lowest BCUT2D eigenvalue weighted by Crippen LogP contribution is -2.30. The largest absolute Gasteiger partial charge is 0.472 e. The molecule has 0 aromatic heterocycles. The maximum absolute atomic E-state index is 13.1. The minimum absolute atomic E-state index is 0.0746. The third-order valence-corrected chi connectivity index (χ3v) is 17.8. The van der Waals surface area contributed by atoms with E-state index < -0.39 is 97.5 Å². The van der Waals surface area contributed by atoms with Gasteiger partial charge >= 0.3 is 39.5 Å². The fourth-order valence-corrected chi connectivity index (χ4v) is 11.6. The summed E-state index contributed by atoms with van der Waals surface area (Å²) in [5, 5.41) is 10.6. The predicted octanol–water partition coefficient (Wildman–Crippen LogP) is 22.3. The summed E-state index contributed by atoms with van der Waals surface area (Å²) in [4.78, 5) is 72.9. The van der Waals surface area contributed by atoms with Gasteiger partial charge in [-0.05, 0) is 141 Å². The number of phosphoric ester groups is 2. The highest BCUT2D eigenvalue weighted by molar-refractivity contribution is 7.47. The molecule has 5 atom stereocenters. The number of hydrogen-bond donors (Lipinski definition) is 3. The molecule has 0 aromatic carbocycles. The van der Waals surface area contributed by atoms with Crippen LogP contribution in [0.2, 0.25) is 0 Å². The maximum Gasteiger partial charge on any atom is 0.472 e. The van der Waals surface area contributed by atoms with Crippen LogP contribution in [-0.4, -0.2) is 96.7 Å². The molecule has 0 heterocycles. The van der Waals surface area contributed by atoms with Gasteiger partial charge in [0.05, 0.1) is 26.4 Å². The Bertz CT molecular complexity index is 2370. The van der Waals surface area contributed by atoms with Crippen molar-refractivity contribution in [1.82, 2.24) is 0 Å². The molecule has 574 valence electrons. The van der Waals surface area contributed by atoms with E-state index in [1.165, 1.54) is 12.8 Å². The number of ether oxygens (including phenoxy) is 4. The monoisotopic (exact) mass is 1440 g/mol. The number of rotatable bonds is 72. The third kappa shape index (κ3) is 71.8. The molecule has 0 amide bonds. The van der Waals surface area contributed by atoms with E-state index in [2.05, 4.69) is 149 Å². The van der Waals surface area contributed by atoms with Crippen molar-refractivity contribution >= 4 is 39.5 Å². The summed E-state index contributed by atoms with van der Waals surface area (Å²) in [7, 11) is -9.96. The standard InChI is InChI=1S/C81H138O17P2/c1-5-9-13-17-21-25-29-32-34-36-37-39-41-44-47-50-54-58-62-66-78(83)91-71-76(97-80(85)67-63-59-55-51-45-28-24-20-16-12-8-4)73-95-99(87,88)93-69-75(82)70-94-100(89,90)96-74-77(98-81(86)68-64-60-56-52-48-42-31-27-23-19-15-11-7-3)72-92-79(84)65-61-57-53-49-46-43-40-38-35-33-30-26-22-18-14-10-6-2/h9-10,13-15,19-22,24-27,31-35,37,39,75-77,82H,5-8,11-12,16-18,23,28-30,36,38,40-74H2,1-4H3,(H,87,88)(H,89,90)/b13-9-,14-10-,19-15-,24-20-,25-21-,26-22-,31-27-,34-32-,35-33-,39-37-. The molecule has 0 aliphatic heterocycles. The molecule has 0 bridgehead atoms. The highest BCUT2D eigenvalue weighted by Gasteiger charge is 2.30. The van der Waals surface area contributed by atoms with E-state index in [0.717, 1.165) is 218 Å². The molecule has 0 radical (unpaired) electrons. The van der Waals surface area contributed by atoms with Crippen LogP contribution < -0.4 is 0 Å². The minimum atomic E-state index is -4.98. The molecule has 5 unspecified atom stereocenters. The van der Waals surface area contributed by atoms with Gasteiger partial charge in [0.25, 0.3) is 0 Å². The number of aliphatic hydroxyl groups excluding tert-OH is 1. The lowest BCUT2D eigenvalue weighted by molar-refractivity contribution is -0.161. The molecule has 3 N–H and O–H groups in total. The first-order chi connectivity index (χ1) is 48.7. The van der Waals surface area contributed by atoms with Crippen LogP contribution in [-0.2, 0) is 65.4 Å². The second-order valence-corrected chi connectivity index (χ2v) is 28.4. The Morgan fingerprint density at radius 2 is 0.540 bits per heavy atom. The second kappa shape index (κ2) is 72.8. The Morgan fingerprint density at radius 3 is 0.850 bits per heavy atom. The fraction of sp³-hybridized carbons (Fsp3) is 0.704. The molecule has 0 saturated heterocycles. The first-order valence-corrected chi connectivity index (χ1v) is 41.8. The van der Waals surface area contributed by atoms with Crippen molar-refractivity contribution < 1.29 is 80.2 Å². The van der Waals surface area contributed by atoms with Crippen LogP contribution in [0.1, 0.15) is 310 Å². The Kier molecular flexibility index (Phi) is 69.5. The van der Waals surface area contributed by atoms with E-state index in [9.17, 15) is 43.2 Å². The Labute approximate surface area is 606 Å². The summed E-state index contributed by atoms with van der Waals surface area (Å²) in [6.07, 6.45) is 79.0. The number of phosphoric acid groups is 2. The summed E-state index contributed by atoms with van der Waals surface area (Å²) in [5.74, 6) is -2.22. The zero-order valence-electron chi connectivity index (χ0n) is 62.6. The number of esters is 4. The average Bonchev–Trinajstić information content (AvgIpc) is 1.02. The van der Waals surface area contributed by atoms with Crippen molar-refractivity contribution in [2.75, 3.05) is 39.6 Å². The van der Waals surface area contributed by atoms with E-state index in [4.69, 9.17) is 37.0 Å². The highest BCUT2D eigenvalue weighted by Crippen LogP contribution is 2.45. The molecule has 0 aromatic rings. The van der Waals surface area contributed by atoms with Gasteiger partial charge in [-0.1, -0.05) is 265 Å². The third-order valence-electron chi connectivity index (χ3n) is 15.9. The van der Waals surface area contributed by atoms with Crippen LogP contribution in [0.4, 0.5) is 0 Å². The summed E-state index contributed by atoms with van der Waals surface area (Å²) in [6, 6.07) is 0. The molecule has 0 aliphatic carbocycles. The van der Waals surface area contributed by atoms with Crippen molar-refractivity contribution in [3.8, 4) is 0 Å². The Morgan fingerprint density at radius 1 is 0.290 bits per heavy atom. The zero-order valence-corrected chi connectivity index (χ0v) is 64.4. The van der Waals surface area contributed by atoms with Crippen LogP contribution in [0.15, 0.2) is 122 Å². The molecule has 17 nitrogen and oxygen atoms in total. The summed E-state index contributed by atoms with van der Waals surface area (Å²) in [5.41, 5.74) is 0. The van der Waals surface area contributed by atoms with Gasteiger partial charge in [-0.2, -0.15) is 0 Å². The van der Waals surface area contributed by atoms with Gasteiger partial charge in [-0.25, -0.2) is 9.13 Å². The highest BCUT2D eigenvalue weighted by atomic mass is 31.2. The van der Waals surface area contributed by atoms with Gasteiger partial charge in [-0.3, -0.25) is 37.3 Å². The van der Waals surface area contributed by atoms with E-state index in [1.54, 1.807) is 0 Å². The number of unbranched alkanes of at least 4 members (excludes halogenated alkanes) is 26. The number of carbonyl (C=O) groups is 4. The van der Waals surface area contributed by atoms with Gasteiger partial charge in [-0.15, -0.1) is 0 Å². The first kappa shape index (κ1) is 95.5. The lowest BCUT2D eigenvalue weighted by Gasteiger charge is -2.21. The molecule has 0 aliphatic rings. The zero-order chi connectivity index (χ0) is 73.2. The molecule has 0 fully saturated rings. The van der Waals surface area contributed by atoms with E-state index >= 15 is 0 Å². The van der Waals surface area contributed by atoms with E-state index in [0.29, 0.717) is 25.7 Å². The minimum Gasteiger partial charge on any atom is -0.462 e. The van der Waals surface area contributed by atoms with Crippen molar-refractivity contribution in [3.05, 3.63) is 122 Å². The van der Waals surface area contributed by atoms with Gasteiger partial charge in [0.1, 0.15) is 19.3 Å². The molecule has 0 saturated carbocycles. The van der Waals surface area contributed by atoms with Gasteiger partial charge in [0.2, 0.25) is 0 Å². The van der Waals surface area contributed by atoms with Crippen LogP contribution in [0.3, 0.4) is 0 Å². The van der Waals surface area contributed by atoms with Crippen LogP contribution in [0.5, 0.6) is 0 Å². The summed E-state index contributed by atoms with van der Waals surface area (Å²) >= 11 is 0. The topological polar surface area (TPSA) is 237 Å². The SMILES string of the molecule is CC/C=C\C/C=C\C/C=C\C/C=C\CCCCCCCCC(=O)OCC(COP(=O)(O)OCC(O)COP(=O)(O)OCC(COC(=O)CCCCCCCCC/C=C\C/C=C\C/C=C\CC)OC(=O)CCCCCCC/C=C\C/C=C\CCC)OC(=O)CCCCCCC/C=C\CCCC. The van der Waals surface area contributed by atoms with E-state index in [1.807, 2.05) is 0 Å². The fourth-order valence-electron chi connectivity index (χ4n) is 10.0. The quantitative estimate of drug-likeness (QED) is 0.0169. The van der Waals surface area contributed by atoms with E-state index in [-0.39, 0.29) is 25.7 Å². The molecule has 0 rings (SSSR count). The average molecular weight is 1450 g/mol. The number of carbonyl (C=O) groups excluding carboxylic acids is 4. The summed E-state index contributed by atoms with van der Waals surface area (Å²) in [6.45, 7) is 4.50. The van der Waals surface area contributed by atoms with Crippen molar-refractivity contribution in [2.24, 2.45) is 0 Å². The van der Waals surface area contributed by atoms with Crippen LogP contribution >= 0.6 is 15.6 Å². The van der Waals surface area contributed by atoms with Gasteiger partial charge in [0, 0.05) is 25.7 Å². The number of hydrogen-bond acceptors (Lipinski definition) is 15. The molecular formula is C81H138O17P2. The first-order valence-electron chi connectivity index (χ1n) is 38.8. The van der Waals surface area contributed by atoms with Gasteiger partial charge < -0.3 is 33.8 Å².